The third kappa shape index (κ3) is 3.36. The average molecular weight is 340 g/mol. The van der Waals surface area contributed by atoms with Gasteiger partial charge in [0.25, 0.3) is 0 Å². The molecule has 2 aromatic rings. The van der Waals surface area contributed by atoms with E-state index in [0.29, 0.717) is 5.56 Å². The first-order valence-electron chi connectivity index (χ1n) is 5.75. The maximum absolute atomic E-state index is 10.9. The molecular weight excluding hydrogens is 326 g/mol. The highest BCUT2D eigenvalue weighted by Crippen LogP contribution is 2.25. The quantitative estimate of drug-likeness (QED) is 0.909. The van der Waals surface area contributed by atoms with Crippen molar-refractivity contribution in [1.29, 1.82) is 0 Å². The number of hydrogen-bond acceptors (Lipinski definition) is 3. The summed E-state index contributed by atoms with van der Waals surface area (Å²) in [6, 6.07) is 7.31. The minimum absolute atomic E-state index is 0.327. The maximum Gasteiger partial charge on any atom is 0.335 e. The fraction of sp³-hybridized carbons (Fsp3) is 0.214. The van der Waals surface area contributed by atoms with E-state index in [-0.39, 0.29) is 0 Å². The normalized spacial score (nSPS) is 10.5. The number of benzene rings is 1. The van der Waals surface area contributed by atoms with Crippen molar-refractivity contribution in [3.8, 4) is 0 Å². The van der Waals surface area contributed by atoms with Crippen LogP contribution in [0.15, 0.2) is 34.1 Å². The molecule has 19 heavy (non-hydrogen) atoms. The fourth-order valence-corrected chi connectivity index (χ4v) is 3.48. The van der Waals surface area contributed by atoms with Gasteiger partial charge in [0, 0.05) is 27.5 Å². The van der Waals surface area contributed by atoms with Crippen molar-refractivity contribution in [2.24, 2.45) is 0 Å². The Kier molecular flexibility index (Phi) is 4.27. The Morgan fingerprint density at radius 2 is 2.16 bits per heavy atom. The predicted octanol–water partition coefficient (Wildman–Crippen LogP) is 4.15. The Morgan fingerprint density at radius 1 is 1.42 bits per heavy atom. The van der Waals surface area contributed by atoms with Crippen LogP contribution in [0.25, 0.3) is 0 Å². The third-order valence-corrected chi connectivity index (χ3v) is 4.55. The molecule has 0 fully saturated rings. The van der Waals surface area contributed by atoms with E-state index in [2.05, 4.69) is 32.3 Å². The van der Waals surface area contributed by atoms with Crippen molar-refractivity contribution in [2.75, 3.05) is 11.9 Å². The van der Waals surface area contributed by atoms with Gasteiger partial charge in [-0.1, -0.05) is 0 Å². The van der Waals surface area contributed by atoms with Crippen LogP contribution in [0.2, 0.25) is 0 Å². The molecule has 1 heterocycles. The zero-order valence-electron chi connectivity index (χ0n) is 10.7. The van der Waals surface area contributed by atoms with Gasteiger partial charge in [-0.25, -0.2) is 4.79 Å². The summed E-state index contributed by atoms with van der Waals surface area (Å²) in [6.07, 6.45) is 0. The van der Waals surface area contributed by atoms with E-state index in [0.717, 1.165) is 22.3 Å². The molecule has 1 aromatic carbocycles. The van der Waals surface area contributed by atoms with Gasteiger partial charge in [-0.15, -0.1) is 11.3 Å². The lowest BCUT2D eigenvalue weighted by Gasteiger charge is -2.21. The number of nitrogens with zero attached hydrogens (tertiary/aromatic N) is 1. The summed E-state index contributed by atoms with van der Waals surface area (Å²) in [7, 11) is 2.01. The molecule has 1 aromatic heterocycles. The van der Waals surface area contributed by atoms with E-state index >= 15 is 0 Å². The Balaban J connectivity index is 2.19. The van der Waals surface area contributed by atoms with Crippen LogP contribution in [0, 0.1) is 6.92 Å². The molecule has 100 valence electrons. The largest absolute Gasteiger partial charge is 0.478 e. The molecule has 5 heteroatoms. The van der Waals surface area contributed by atoms with E-state index in [1.54, 1.807) is 23.5 Å². The number of halogens is 1. The van der Waals surface area contributed by atoms with E-state index in [1.807, 2.05) is 20.0 Å². The standard InChI is InChI=1S/C14H14BrNO2S/c1-9-5-10(14(17)18)3-4-13(9)16(2)7-12-6-11(15)8-19-12/h3-6,8H,7H2,1-2H3,(H,17,18). The van der Waals surface area contributed by atoms with E-state index in [1.165, 1.54) is 4.88 Å². The molecular formula is C14H14BrNO2S. The Bertz CT molecular complexity index is 609. The molecule has 0 aliphatic carbocycles. The Hall–Kier alpha value is -1.33. The van der Waals surface area contributed by atoms with Crippen molar-refractivity contribution >= 4 is 38.9 Å². The maximum atomic E-state index is 10.9. The Labute approximate surface area is 124 Å². The van der Waals surface area contributed by atoms with Crippen LogP contribution in [0.4, 0.5) is 5.69 Å². The zero-order chi connectivity index (χ0) is 14.0. The minimum Gasteiger partial charge on any atom is -0.478 e. The lowest BCUT2D eigenvalue weighted by Crippen LogP contribution is -2.17. The van der Waals surface area contributed by atoms with Crippen LogP contribution in [0.5, 0.6) is 0 Å². The van der Waals surface area contributed by atoms with Crippen molar-refractivity contribution in [3.63, 3.8) is 0 Å². The minimum atomic E-state index is -0.889. The second-order valence-corrected chi connectivity index (χ2v) is 6.31. The lowest BCUT2D eigenvalue weighted by atomic mass is 10.1. The monoisotopic (exact) mass is 339 g/mol. The molecule has 1 N–H and O–H groups in total. The van der Waals surface area contributed by atoms with Gasteiger partial charge >= 0.3 is 5.97 Å². The molecule has 0 amide bonds. The van der Waals surface area contributed by atoms with E-state index < -0.39 is 5.97 Å². The second kappa shape index (κ2) is 5.75. The smallest absolute Gasteiger partial charge is 0.335 e. The highest BCUT2D eigenvalue weighted by Gasteiger charge is 2.10. The molecule has 0 saturated heterocycles. The van der Waals surface area contributed by atoms with Crippen LogP contribution < -0.4 is 4.90 Å². The zero-order valence-corrected chi connectivity index (χ0v) is 13.1. The van der Waals surface area contributed by atoms with Crippen molar-refractivity contribution < 1.29 is 9.90 Å². The van der Waals surface area contributed by atoms with Crippen LogP contribution >= 0.6 is 27.3 Å². The lowest BCUT2D eigenvalue weighted by molar-refractivity contribution is 0.0697. The van der Waals surface area contributed by atoms with E-state index in [9.17, 15) is 4.79 Å². The molecule has 0 bridgehead atoms. The highest BCUT2D eigenvalue weighted by atomic mass is 79.9. The number of rotatable bonds is 4. The summed E-state index contributed by atoms with van der Waals surface area (Å²) in [6.45, 7) is 2.74. The van der Waals surface area contributed by atoms with Crippen LogP contribution in [-0.4, -0.2) is 18.1 Å². The van der Waals surface area contributed by atoms with Crippen LogP contribution in [-0.2, 0) is 6.54 Å². The number of carbonyl (C=O) groups is 1. The van der Waals surface area contributed by atoms with Gasteiger partial charge in [0.1, 0.15) is 0 Å². The third-order valence-electron chi connectivity index (χ3n) is 2.87. The first-order valence-corrected chi connectivity index (χ1v) is 7.42. The molecule has 2 rings (SSSR count). The molecule has 0 aliphatic heterocycles. The SMILES string of the molecule is Cc1cc(C(=O)O)ccc1N(C)Cc1cc(Br)cs1. The Morgan fingerprint density at radius 3 is 2.68 bits per heavy atom. The molecule has 0 saturated carbocycles. The van der Waals surface area contributed by atoms with Crippen molar-refractivity contribution in [1.82, 2.24) is 0 Å². The fourth-order valence-electron chi connectivity index (χ4n) is 1.97. The summed E-state index contributed by atoms with van der Waals surface area (Å²) in [5.41, 5.74) is 2.35. The molecule has 0 unspecified atom stereocenters. The molecule has 0 aliphatic rings. The number of carboxylic acid groups (broad SMARTS) is 1. The number of anilines is 1. The van der Waals surface area contributed by atoms with Crippen LogP contribution in [0.1, 0.15) is 20.8 Å². The molecule has 0 atom stereocenters. The topological polar surface area (TPSA) is 40.5 Å². The summed E-state index contributed by atoms with van der Waals surface area (Å²) in [5.74, 6) is -0.889. The van der Waals surface area contributed by atoms with Gasteiger partial charge in [0.2, 0.25) is 0 Å². The van der Waals surface area contributed by atoms with Crippen LogP contribution in [0.3, 0.4) is 0 Å². The average Bonchev–Trinajstić information content (AvgIpc) is 2.74. The summed E-state index contributed by atoms with van der Waals surface area (Å²) < 4.78 is 1.10. The number of carboxylic acids is 1. The number of aryl methyl sites for hydroxylation is 1. The van der Waals surface area contributed by atoms with Crippen molar-refractivity contribution in [3.05, 3.63) is 50.1 Å². The van der Waals surface area contributed by atoms with E-state index in [4.69, 9.17) is 5.11 Å². The second-order valence-electron chi connectivity index (χ2n) is 4.39. The number of aromatic carboxylic acids is 1. The predicted molar refractivity (Wildman–Crippen MR) is 82.3 cm³/mol. The van der Waals surface area contributed by atoms with Crippen molar-refractivity contribution in [2.45, 2.75) is 13.5 Å². The first-order chi connectivity index (χ1) is 8.97. The summed E-state index contributed by atoms with van der Waals surface area (Å²) in [4.78, 5) is 14.3. The van der Waals surface area contributed by atoms with Gasteiger partial charge in [0.15, 0.2) is 0 Å². The van der Waals surface area contributed by atoms with Gasteiger partial charge in [-0.3, -0.25) is 0 Å². The van der Waals surface area contributed by atoms with Gasteiger partial charge in [0.05, 0.1) is 12.1 Å². The summed E-state index contributed by atoms with van der Waals surface area (Å²) in [5, 5.41) is 11.0. The van der Waals surface area contributed by atoms with Gasteiger partial charge in [-0.05, 0) is 52.7 Å². The highest BCUT2D eigenvalue weighted by molar-refractivity contribution is 9.10. The van der Waals surface area contributed by atoms with Gasteiger partial charge in [-0.2, -0.15) is 0 Å². The first kappa shape index (κ1) is 14.1. The number of thiophene rings is 1. The molecule has 0 spiro atoms. The van der Waals surface area contributed by atoms with Gasteiger partial charge < -0.3 is 10.0 Å². The summed E-state index contributed by atoms with van der Waals surface area (Å²) >= 11 is 5.15. The molecule has 0 radical (unpaired) electrons. The molecule has 3 nitrogen and oxygen atoms in total. The number of hydrogen-bond donors (Lipinski definition) is 1.